The number of rotatable bonds is 15. The second-order valence-corrected chi connectivity index (χ2v) is 8.42. The van der Waals surface area contributed by atoms with E-state index in [4.69, 9.17) is 9.66 Å². The molecule has 0 aromatic rings. The Labute approximate surface area is 226 Å². The fourth-order valence-electron chi connectivity index (χ4n) is 2.58. The molecule has 0 aliphatic heterocycles. The molecule has 0 aliphatic rings. The minimum atomic E-state index is -4.91. The number of esters is 2. The van der Waals surface area contributed by atoms with Crippen LogP contribution in [0.5, 0.6) is 0 Å². The quantitative estimate of drug-likeness (QED) is 0.0553. The Morgan fingerprint density at radius 2 is 1.40 bits per heavy atom. The molecule has 0 fully saturated rings. The van der Waals surface area contributed by atoms with Crippen molar-refractivity contribution in [3.05, 3.63) is 0 Å². The molecule has 2 unspecified atom stereocenters. The van der Waals surface area contributed by atoms with Gasteiger partial charge in [-0.3, -0.25) is 18.9 Å². The van der Waals surface area contributed by atoms with Gasteiger partial charge in [0.1, 0.15) is 6.23 Å². The van der Waals surface area contributed by atoms with E-state index in [1.165, 1.54) is 25.7 Å². The molecule has 0 saturated carbocycles. The number of aliphatic hydroxyl groups is 1. The van der Waals surface area contributed by atoms with Gasteiger partial charge in [-0.1, -0.05) is 58.3 Å². The summed E-state index contributed by atoms with van der Waals surface area (Å²) >= 11 is 0. The zero-order valence-corrected chi connectivity index (χ0v) is 23.5. The molecule has 0 aromatic heterocycles. The van der Waals surface area contributed by atoms with Crippen LogP contribution in [0.1, 0.15) is 87.3 Å². The molecular formula is C18H35NNa2O8S. The van der Waals surface area contributed by atoms with Crippen LogP contribution in [0.2, 0.25) is 0 Å². The summed E-state index contributed by atoms with van der Waals surface area (Å²) in [6.45, 7) is 3.32. The van der Waals surface area contributed by atoms with Crippen LogP contribution >= 0.6 is 0 Å². The molecular weight excluding hydrogens is 436 g/mol. The number of ether oxygens (including phenoxy) is 1. The smallest absolute Gasteiger partial charge is 1.00 e. The first-order chi connectivity index (χ1) is 13.1. The van der Waals surface area contributed by atoms with E-state index in [-0.39, 0.29) is 68.4 Å². The third kappa shape index (κ3) is 19.2. The Kier molecular flexibility index (Phi) is 23.5. The number of unbranched alkanes of at least 4 members (excludes halogenated alkanes) is 8. The largest absolute Gasteiger partial charge is 1.00 e. The van der Waals surface area contributed by atoms with Gasteiger partial charge in [0.15, 0.2) is 5.25 Å². The maximum atomic E-state index is 11.7. The van der Waals surface area contributed by atoms with Crippen molar-refractivity contribution in [3.63, 3.8) is 0 Å². The first kappa shape index (κ1) is 35.1. The summed E-state index contributed by atoms with van der Waals surface area (Å²) in [6, 6.07) is 0. The third-order valence-electron chi connectivity index (χ3n) is 4.07. The van der Waals surface area contributed by atoms with Gasteiger partial charge in [0.25, 0.3) is 10.1 Å². The molecule has 0 aliphatic carbocycles. The monoisotopic (exact) mass is 471 g/mol. The van der Waals surface area contributed by atoms with Gasteiger partial charge in [-0.2, -0.15) is 8.42 Å². The summed E-state index contributed by atoms with van der Waals surface area (Å²) in [5.41, 5.74) is 0. The predicted octanol–water partition coefficient (Wildman–Crippen LogP) is -3.69. The van der Waals surface area contributed by atoms with E-state index in [0.29, 0.717) is 6.42 Å². The Bertz CT molecular complexity index is 610. The van der Waals surface area contributed by atoms with Gasteiger partial charge in [-0.15, -0.1) is 0 Å². The van der Waals surface area contributed by atoms with Gasteiger partial charge >= 0.3 is 71.1 Å². The van der Waals surface area contributed by atoms with E-state index >= 15 is 0 Å². The van der Waals surface area contributed by atoms with Crippen molar-refractivity contribution in [1.82, 2.24) is 5.32 Å². The van der Waals surface area contributed by atoms with E-state index in [2.05, 4.69) is 11.7 Å². The topological polar surface area (TPSA) is 147 Å². The van der Waals surface area contributed by atoms with Crippen molar-refractivity contribution < 1.29 is 99.2 Å². The third-order valence-corrected chi connectivity index (χ3v) is 5.17. The summed E-state index contributed by atoms with van der Waals surface area (Å²) in [5, 5.41) is 8.76. The average molecular weight is 472 g/mol. The second kappa shape index (κ2) is 20.1. The first-order valence-corrected chi connectivity index (χ1v) is 11.3. The zero-order chi connectivity index (χ0) is 21.6. The van der Waals surface area contributed by atoms with Crippen LogP contribution in [0.25, 0.3) is 0 Å². The minimum absolute atomic E-state index is 0. The van der Waals surface area contributed by atoms with Crippen molar-refractivity contribution in [2.75, 3.05) is 0 Å². The van der Waals surface area contributed by atoms with E-state index in [9.17, 15) is 22.8 Å². The number of carbonyl (C=O) groups is 3. The predicted molar refractivity (Wildman–Crippen MR) is 105 cm³/mol. The molecule has 0 radical (unpaired) electrons. The average Bonchev–Trinajstić information content (AvgIpc) is 2.56. The van der Waals surface area contributed by atoms with Crippen molar-refractivity contribution in [1.29, 1.82) is 0 Å². The molecule has 0 aromatic carbocycles. The van der Waals surface area contributed by atoms with Gasteiger partial charge in [0, 0.05) is 6.42 Å². The summed E-state index contributed by atoms with van der Waals surface area (Å²) in [6.07, 6.45) is 7.12. The minimum Gasteiger partial charge on any atom is -1.00 e. The van der Waals surface area contributed by atoms with Crippen LogP contribution in [0.4, 0.5) is 0 Å². The van der Waals surface area contributed by atoms with Crippen LogP contribution in [0, 0.1) is 0 Å². The van der Waals surface area contributed by atoms with Crippen molar-refractivity contribution in [2.24, 2.45) is 0 Å². The number of nitrogens with one attached hydrogen (secondary N) is 1. The van der Waals surface area contributed by atoms with Gasteiger partial charge in [0.05, 0.1) is 6.42 Å². The molecule has 0 bridgehead atoms. The van der Waals surface area contributed by atoms with E-state index in [1.807, 2.05) is 5.32 Å². The molecule has 12 heteroatoms. The number of hydrogen-bond donors (Lipinski definition) is 3. The van der Waals surface area contributed by atoms with Gasteiger partial charge in [-0.05, 0) is 13.3 Å². The molecule has 9 nitrogen and oxygen atoms in total. The fraction of sp³-hybridized carbons (Fsp3) is 0.833. The number of aliphatic hydroxyl groups excluding tert-OH is 1. The zero-order valence-electron chi connectivity index (χ0n) is 20.7. The Morgan fingerprint density at radius 1 is 0.933 bits per heavy atom. The molecule has 3 N–H and O–H groups in total. The molecule has 0 spiro atoms. The summed E-state index contributed by atoms with van der Waals surface area (Å²) in [7, 11) is -4.91. The standard InChI is InChI=1S/C18H33NO8S.2Na.2H/c1-3-4-5-6-7-8-9-10-11-12-16(21)27-17(22)13-15(28(24,25)26)18(23)19-14(2)20;;;;/h14-15,20H,3-13H2,1-2H3,(H,19,23)(H,24,25,26);;;;/q;2*+1;2*-1. The summed E-state index contributed by atoms with van der Waals surface area (Å²) in [5.74, 6) is -3.30. The van der Waals surface area contributed by atoms with Crippen molar-refractivity contribution in [3.8, 4) is 0 Å². The van der Waals surface area contributed by atoms with E-state index in [1.54, 1.807) is 0 Å². The fourth-order valence-corrected chi connectivity index (χ4v) is 3.27. The van der Waals surface area contributed by atoms with E-state index in [0.717, 1.165) is 32.6 Å². The van der Waals surface area contributed by atoms with Gasteiger partial charge in [-0.25, -0.2) is 0 Å². The molecule has 168 valence electrons. The number of hydrogen-bond acceptors (Lipinski definition) is 7. The second-order valence-electron chi connectivity index (χ2n) is 6.82. The van der Waals surface area contributed by atoms with Crippen molar-refractivity contribution in [2.45, 2.75) is 96.0 Å². The van der Waals surface area contributed by atoms with Crippen LogP contribution in [0.3, 0.4) is 0 Å². The van der Waals surface area contributed by atoms with E-state index < -0.39 is 45.9 Å². The number of carbonyl (C=O) groups excluding carboxylic acids is 3. The van der Waals surface area contributed by atoms with Crippen LogP contribution in [0.15, 0.2) is 0 Å². The normalized spacial score (nSPS) is 12.7. The summed E-state index contributed by atoms with van der Waals surface area (Å²) < 4.78 is 36.1. The maximum absolute atomic E-state index is 11.7. The Balaban J connectivity index is -0.000000607. The first-order valence-electron chi connectivity index (χ1n) is 9.76. The molecule has 30 heavy (non-hydrogen) atoms. The molecule has 0 heterocycles. The van der Waals surface area contributed by atoms with Crippen LogP contribution < -0.4 is 64.4 Å². The Hall–Kier alpha value is 0.480. The van der Waals surface area contributed by atoms with Gasteiger partial charge < -0.3 is 18.0 Å². The Morgan fingerprint density at radius 3 is 1.83 bits per heavy atom. The molecule has 2 atom stereocenters. The van der Waals surface area contributed by atoms with Crippen LogP contribution in [-0.2, 0) is 29.2 Å². The van der Waals surface area contributed by atoms with Gasteiger partial charge in [0.2, 0.25) is 5.91 Å². The molecule has 0 rings (SSSR count). The summed E-state index contributed by atoms with van der Waals surface area (Å²) in [4.78, 5) is 35.0. The number of amides is 1. The molecule has 1 amide bonds. The SMILES string of the molecule is CCCCCCCCCCCC(=O)OC(=O)CC(C(=O)NC(C)O)S(=O)(=O)O.[H-].[H-].[Na+].[Na+]. The van der Waals surface area contributed by atoms with Crippen molar-refractivity contribution >= 4 is 28.0 Å². The molecule has 0 saturated heterocycles. The maximum Gasteiger partial charge on any atom is 1.00 e. The van der Waals surface area contributed by atoms with Crippen LogP contribution in [-0.4, -0.2) is 47.4 Å².